The van der Waals surface area contributed by atoms with Gasteiger partial charge in [0.05, 0.1) is 13.0 Å². The molecule has 5 nitrogen and oxygen atoms in total. The number of nitrogens with zero attached hydrogens (tertiary/aromatic N) is 1. The van der Waals surface area contributed by atoms with E-state index in [9.17, 15) is 18.4 Å². The molecule has 1 fully saturated rings. The number of carbonyl (C=O) groups is 2. The summed E-state index contributed by atoms with van der Waals surface area (Å²) in [6.07, 6.45) is 0.0352. The second-order valence-electron chi connectivity index (χ2n) is 6.07. The first-order chi connectivity index (χ1) is 12.5. The predicted molar refractivity (Wildman–Crippen MR) is 91.7 cm³/mol. The van der Waals surface area contributed by atoms with Gasteiger partial charge < -0.3 is 15.0 Å². The molecule has 0 aliphatic carbocycles. The lowest BCUT2D eigenvalue weighted by Gasteiger charge is -2.17. The first-order valence-corrected chi connectivity index (χ1v) is 8.14. The molecule has 0 bridgehead atoms. The van der Waals surface area contributed by atoms with E-state index in [-0.39, 0.29) is 30.5 Å². The van der Waals surface area contributed by atoms with E-state index in [1.807, 2.05) is 12.1 Å². The molecule has 1 N–H and O–H groups in total. The van der Waals surface area contributed by atoms with Crippen LogP contribution in [0.3, 0.4) is 0 Å². The highest BCUT2D eigenvalue weighted by molar-refractivity contribution is 6.00. The van der Waals surface area contributed by atoms with Gasteiger partial charge in [-0.1, -0.05) is 12.1 Å². The van der Waals surface area contributed by atoms with Crippen LogP contribution in [0.4, 0.5) is 14.5 Å². The van der Waals surface area contributed by atoms with Crippen LogP contribution in [-0.4, -0.2) is 25.5 Å². The summed E-state index contributed by atoms with van der Waals surface area (Å²) in [4.78, 5) is 25.8. The minimum absolute atomic E-state index is 0.0352. The van der Waals surface area contributed by atoms with Crippen molar-refractivity contribution in [3.05, 3.63) is 59.7 Å². The highest BCUT2D eigenvalue weighted by Gasteiger charge is 2.35. The molecule has 7 heteroatoms. The van der Waals surface area contributed by atoms with Crippen molar-refractivity contribution in [1.29, 1.82) is 0 Å². The van der Waals surface area contributed by atoms with Gasteiger partial charge in [0, 0.05) is 31.3 Å². The van der Waals surface area contributed by atoms with Crippen molar-refractivity contribution < 1.29 is 23.1 Å². The van der Waals surface area contributed by atoms with Crippen LogP contribution in [-0.2, 0) is 16.1 Å². The summed E-state index contributed by atoms with van der Waals surface area (Å²) >= 11 is 0. The zero-order chi connectivity index (χ0) is 18.7. The van der Waals surface area contributed by atoms with Crippen molar-refractivity contribution >= 4 is 17.5 Å². The highest BCUT2D eigenvalue weighted by Crippen LogP contribution is 2.26. The van der Waals surface area contributed by atoms with Gasteiger partial charge in [-0.3, -0.25) is 9.59 Å². The molecule has 2 aromatic rings. The molecule has 1 aliphatic heterocycles. The van der Waals surface area contributed by atoms with Gasteiger partial charge in [-0.05, 0) is 29.8 Å². The van der Waals surface area contributed by atoms with Gasteiger partial charge in [0.1, 0.15) is 5.75 Å². The van der Waals surface area contributed by atoms with E-state index in [2.05, 4.69) is 5.32 Å². The zero-order valence-electron chi connectivity index (χ0n) is 14.2. The van der Waals surface area contributed by atoms with Crippen molar-refractivity contribution in [3.63, 3.8) is 0 Å². The lowest BCUT2D eigenvalue weighted by atomic mass is 10.1. The van der Waals surface area contributed by atoms with E-state index in [0.29, 0.717) is 6.54 Å². The fourth-order valence-electron chi connectivity index (χ4n) is 2.86. The summed E-state index contributed by atoms with van der Waals surface area (Å²) in [6.45, 7) is 0.469. The Labute approximate surface area is 149 Å². The average molecular weight is 360 g/mol. The molecule has 0 aromatic heterocycles. The third-order valence-corrected chi connectivity index (χ3v) is 4.34. The van der Waals surface area contributed by atoms with Gasteiger partial charge in [0.2, 0.25) is 11.8 Å². The van der Waals surface area contributed by atoms with Crippen LogP contribution >= 0.6 is 0 Å². The Morgan fingerprint density at radius 1 is 1.19 bits per heavy atom. The van der Waals surface area contributed by atoms with Crippen LogP contribution < -0.4 is 15.0 Å². The standard InChI is InChI=1S/C19H18F2N2O3/c1-26-15-5-2-12(3-6-15)10-22-19(25)13-8-18(24)23(11-13)14-4-7-16(20)17(21)9-14/h2-7,9,13H,8,10-11H2,1H3,(H,22,25). The molecule has 1 heterocycles. The van der Waals surface area contributed by atoms with Crippen LogP contribution in [0.2, 0.25) is 0 Å². The van der Waals surface area contributed by atoms with Crippen LogP contribution in [0.1, 0.15) is 12.0 Å². The third-order valence-electron chi connectivity index (χ3n) is 4.34. The number of benzene rings is 2. The number of hydrogen-bond donors (Lipinski definition) is 1. The minimum Gasteiger partial charge on any atom is -0.497 e. The van der Waals surface area contributed by atoms with E-state index < -0.39 is 17.6 Å². The topological polar surface area (TPSA) is 58.6 Å². The monoisotopic (exact) mass is 360 g/mol. The number of ether oxygens (including phenoxy) is 1. The van der Waals surface area contributed by atoms with Crippen molar-refractivity contribution in [2.75, 3.05) is 18.6 Å². The maximum atomic E-state index is 13.4. The van der Waals surface area contributed by atoms with Crippen molar-refractivity contribution in [2.45, 2.75) is 13.0 Å². The Hall–Kier alpha value is -2.96. The molecular weight excluding hydrogens is 342 g/mol. The van der Waals surface area contributed by atoms with Crippen LogP contribution in [0.15, 0.2) is 42.5 Å². The molecule has 1 aliphatic rings. The third kappa shape index (κ3) is 3.82. The number of nitrogens with one attached hydrogen (secondary N) is 1. The largest absolute Gasteiger partial charge is 0.497 e. The Kier molecular flexibility index (Phi) is 5.16. The summed E-state index contributed by atoms with van der Waals surface area (Å²) in [5, 5.41) is 2.80. The number of anilines is 1. The maximum absolute atomic E-state index is 13.4. The number of hydrogen-bond acceptors (Lipinski definition) is 3. The molecule has 1 atom stereocenters. The van der Waals surface area contributed by atoms with E-state index in [4.69, 9.17) is 4.74 Å². The lowest BCUT2D eigenvalue weighted by Crippen LogP contribution is -2.32. The average Bonchev–Trinajstić information content (AvgIpc) is 3.04. The van der Waals surface area contributed by atoms with E-state index >= 15 is 0 Å². The molecule has 0 radical (unpaired) electrons. The van der Waals surface area contributed by atoms with Crippen molar-refractivity contribution in [2.24, 2.45) is 5.92 Å². The smallest absolute Gasteiger partial charge is 0.227 e. The second-order valence-corrected chi connectivity index (χ2v) is 6.07. The Morgan fingerprint density at radius 2 is 1.92 bits per heavy atom. The van der Waals surface area contributed by atoms with E-state index in [1.54, 1.807) is 19.2 Å². The number of carbonyl (C=O) groups excluding carboxylic acids is 2. The second kappa shape index (κ2) is 7.51. The fraction of sp³-hybridized carbons (Fsp3) is 0.263. The Morgan fingerprint density at radius 3 is 2.58 bits per heavy atom. The van der Waals surface area contributed by atoms with Crippen LogP contribution in [0, 0.1) is 17.6 Å². The van der Waals surface area contributed by atoms with Crippen LogP contribution in [0.5, 0.6) is 5.75 Å². The molecule has 26 heavy (non-hydrogen) atoms. The van der Waals surface area contributed by atoms with Gasteiger partial charge >= 0.3 is 0 Å². The molecular formula is C19H18F2N2O3. The molecule has 2 amide bonds. The van der Waals surface area contributed by atoms with E-state index in [0.717, 1.165) is 23.4 Å². The highest BCUT2D eigenvalue weighted by atomic mass is 19.2. The first kappa shape index (κ1) is 17.8. The van der Waals surface area contributed by atoms with Gasteiger partial charge in [-0.15, -0.1) is 0 Å². The summed E-state index contributed by atoms with van der Waals surface area (Å²) in [7, 11) is 1.58. The molecule has 1 saturated heterocycles. The minimum atomic E-state index is -1.03. The maximum Gasteiger partial charge on any atom is 0.227 e. The quantitative estimate of drug-likeness (QED) is 0.892. The zero-order valence-corrected chi connectivity index (χ0v) is 14.2. The predicted octanol–water partition coefficient (Wildman–Crippen LogP) is 2.64. The van der Waals surface area contributed by atoms with Crippen molar-refractivity contribution in [3.8, 4) is 5.75 Å². The molecule has 0 spiro atoms. The van der Waals surface area contributed by atoms with Gasteiger partial charge in [0.15, 0.2) is 11.6 Å². The van der Waals surface area contributed by atoms with E-state index in [1.165, 1.54) is 11.0 Å². The van der Waals surface area contributed by atoms with Gasteiger partial charge in [-0.25, -0.2) is 8.78 Å². The lowest BCUT2D eigenvalue weighted by molar-refractivity contribution is -0.126. The molecule has 136 valence electrons. The summed E-state index contributed by atoms with van der Waals surface area (Å²) < 4.78 is 31.5. The van der Waals surface area contributed by atoms with Gasteiger partial charge in [-0.2, -0.15) is 0 Å². The summed E-state index contributed by atoms with van der Waals surface area (Å²) in [5.74, 6) is -2.35. The van der Waals surface area contributed by atoms with Crippen molar-refractivity contribution in [1.82, 2.24) is 5.32 Å². The summed E-state index contributed by atoms with van der Waals surface area (Å²) in [6, 6.07) is 10.5. The van der Waals surface area contributed by atoms with Crippen LogP contribution in [0.25, 0.3) is 0 Å². The summed E-state index contributed by atoms with van der Waals surface area (Å²) in [5.41, 5.74) is 1.15. The first-order valence-electron chi connectivity index (χ1n) is 8.14. The number of rotatable bonds is 5. The van der Waals surface area contributed by atoms with Gasteiger partial charge in [0.25, 0.3) is 0 Å². The SMILES string of the molecule is COc1ccc(CNC(=O)C2CC(=O)N(c3ccc(F)c(F)c3)C2)cc1. The Balaban J connectivity index is 1.60. The molecule has 3 rings (SSSR count). The molecule has 0 saturated carbocycles. The normalized spacial score (nSPS) is 16.7. The molecule has 2 aromatic carbocycles. The molecule has 1 unspecified atom stereocenters. The number of halogens is 2. The number of methoxy groups -OCH3 is 1. The fourth-order valence-corrected chi connectivity index (χ4v) is 2.86. The Bertz CT molecular complexity index is 824. The number of amides is 2.